The van der Waals surface area contributed by atoms with Gasteiger partial charge in [0.2, 0.25) is 0 Å². The molecule has 0 unspecified atom stereocenters. The lowest BCUT2D eigenvalue weighted by molar-refractivity contribution is -0.910. The molecule has 0 aliphatic carbocycles. The van der Waals surface area contributed by atoms with Crippen LogP contribution in [0.3, 0.4) is 0 Å². The van der Waals surface area contributed by atoms with Crippen LogP contribution in [-0.4, -0.2) is 55.8 Å². The molecule has 1 rings (SSSR count). The quantitative estimate of drug-likeness (QED) is 0.0767. The molecule has 0 atom stereocenters. The first-order valence-electron chi connectivity index (χ1n) is 16.2. The van der Waals surface area contributed by atoms with E-state index in [-0.39, 0.29) is 4.90 Å². The van der Waals surface area contributed by atoms with Gasteiger partial charge in [-0.05, 0) is 44.7 Å². The summed E-state index contributed by atoms with van der Waals surface area (Å²) in [5.41, 5.74) is 0.928. The van der Waals surface area contributed by atoms with Gasteiger partial charge in [0.25, 0.3) is 0 Å². The van der Waals surface area contributed by atoms with Crippen LogP contribution in [0.2, 0.25) is 0 Å². The SMILES string of the molecule is CCCCCCCCCCC[N+](C)(CCCO)CCCCCCCCCCC.Cc1ccc(S(=O)(=O)[O-])cc1. The van der Waals surface area contributed by atoms with E-state index in [0.717, 1.165) is 18.5 Å². The van der Waals surface area contributed by atoms with Crippen molar-refractivity contribution in [3.63, 3.8) is 0 Å². The zero-order valence-electron chi connectivity index (χ0n) is 26.1. The molecule has 0 aliphatic heterocycles. The summed E-state index contributed by atoms with van der Waals surface area (Å²) in [5, 5.41) is 9.28. The Bertz CT molecular complexity index is 742. The van der Waals surface area contributed by atoms with Gasteiger partial charge in [0.15, 0.2) is 0 Å². The Balaban J connectivity index is 0.00000108. The summed E-state index contributed by atoms with van der Waals surface area (Å²) in [4.78, 5) is -0.178. The lowest BCUT2D eigenvalue weighted by Gasteiger charge is -2.35. The number of quaternary nitrogens is 1. The summed E-state index contributed by atoms with van der Waals surface area (Å²) in [6.45, 7) is 10.5. The largest absolute Gasteiger partial charge is 0.744 e. The van der Waals surface area contributed by atoms with Crippen LogP contribution < -0.4 is 0 Å². The third-order valence-corrected chi connectivity index (χ3v) is 8.62. The van der Waals surface area contributed by atoms with Crippen molar-refractivity contribution in [2.75, 3.05) is 33.3 Å². The summed E-state index contributed by atoms with van der Waals surface area (Å²) in [6.07, 6.45) is 26.4. The summed E-state index contributed by atoms with van der Waals surface area (Å²) < 4.78 is 32.4. The van der Waals surface area contributed by atoms with Crippen molar-refractivity contribution in [3.8, 4) is 0 Å². The van der Waals surface area contributed by atoms with E-state index in [1.165, 1.54) is 145 Å². The predicted molar refractivity (Wildman–Crippen MR) is 166 cm³/mol. The van der Waals surface area contributed by atoms with Gasteiger partial charge in [0.05, 0.1) is 31.6 Å². The van der Waals surface area contributed by atoms with Crippen LogP contribution in [0.1, 0.15) is 141 Å². The number of hydrogen-bond acceptors (Lipinski definition) is 4. The minimum atomic E-state index is -4.27. The molecule has 0 radical (unpaired) electrons. The molecule has 1 aromatic rings. The lowest BCUT2D eigenvalue weighted by atomic mass is 10.1. The average Bonchev–Trinajstić information content (AvgIpc) is 2.90. The Morgan fingerprint density at radius 2 is 0.949 bits per heavy atom. The van der Waals surface area contributed by atoms with Gasteiger partial charge >= 0.3 is 0 Å². The second-order valence-corrected chi connectivity index (χ2v) is 13.2. The van der Waals surface area contributed by atoms with Crippen LogP contribution in [-0.2, 0) is 10.1 Å². The fourth-order valence-corrected chi connectivity index (χ4v) is 5.57. The second kappa shape index (κ2) is 24.8. The van der Waals surface area contributed by atoms with E-state index in [4.69, 9.17) is 0 Å². The monoisotopic (exact) mass is 569 g/mol. The highest BCUT2D eigenvalue weighted by molar-refractivity contribution is 7.85. The normalized spacial score (nSPS) is 11.8. The van der Waals surface area contributed by atoms with Gasteiger partial charge in [-0.15, -0.1) is 0 Å². The fourth-order valence-electron chi connectivity index (χ4n) is 5.10. The smallest absolute Gasteiger partial charge is 0.124 e. The number of unbranched alkanes of at least 4 members (excludes halogenated alkanes) is 16. The highest BCUT2D eigenvalue weighted by Gasteiger charge is 2.19. The molecule has 0 aliphatic rings. The van der Waals surface area contributed by atoms with Crippen molar-refractivity contribution in [1.29, 1.82) is 0 Å². The minimum Gasteiger partial charge on any atom is -0.744 e. The van der Waals surface area contributed by atoms with E-state index < -0.39 is 10.1 Å². The molecule has 1 aromatic carbocycles. The van der Waals surface area contributed by atoms with Gasteiger partial charge in [0.1, 0.15) is 10.1 Å². The highest BCUT2D eigenvalue weighted by atomic mass is 32.2. The first-order chi connectivity index (χ1) is 18.7. The van der Waals surface area contributed by atoms with Crippen molar-refractivity contribution >= 4 is 10.1 Å². The van der Waals surface area contributed by atoms with E-state index in [2.05, 4.69) is 20.9 Å². The summed E-state index contributed by atoms with van der Waals surface area (Å²) in [5.74, 6) is 0. The van der Waals surface area contributed by atoms with E-state index in [0.29, 0.717) is 6.61 Å². The number of aliphatic hydroxyl groups excluding tert-OH is 1. The van der Waals surface area contributed by atoms with Crippen LogP contribution >= 0.6 is 0 Å². The minimum absolute atomic E-state index is 0.178. The number of benzene rings is 1. The van der Waals surface area contributed by atoms with Gasteiger partial charge in [-0.25, -0.2) is 8.42 Å². The number of aliphatic hydroxyl groups is 1. The average molecular weight is 570 g/mol. The van der Waals surface area contributed by atoms with E-state index in [9.17, 15) is 18.1 Å². The topological polar surface area (TPSA) is 77.4 Å². The number of aryl methyl sites for hydroxylation is 1. The maximum atomic E-state index is 10.4. The lowest BCUT2D eigenvalue weighted by Crippen LogP contribution is -2.46. The Labute approximate surface area is 243 Å². The molecule has 1 N–H and O–H groups in total. The van der Waals surface area contributed by atoms with Crippen LogP contribution in [0, 0.1) is 6.92 Å². The molecule has 0 heterocycles. The molecule has 39 heavy (non-hydrogen) atoms. The van der Waals surface area contributed by atoms with E-state index in [1.807, 2.05) is 6.92 Å². The van der Waals surface area contributed by atoms with Gasteiger partial charge in [-0.3, -0.25) is 0 Å². The van der Waals surface area contributed by atoms with Gasteiger partial charge in [0, 0.05) is 13.0 Å². The summed E-state index contributed by atoms with van der Waals surface area (Å²) in [7, 11) is -1.83. The molecule has 0 bridgehead atoms. The van der Waals surface area contributed by atoms with Crippen molar-refractivity contribution in [2.45, 2.75) is 148 Å². The van der Waals surface area contributed by atoms with Crippen LogP contribution in [0.4, 0.5) is 0 Å². The number of nitrogens with zero attached hydrogens (tertiary/aromatic N) is 1. The molecule has 0 saturated heterocycles. The highest BCUT2D eigenvalue weighted by Crippen LogP contribution is 2.16. The summed E-state index contributed by atoms with van der Waals surface area (Å²) in [6, 6.07) is 5.78. The van der Waals surface area contributed by atoms with E-state index >= 15 is 0 Å². The zero-order valence-corrected chi connectivity index (χ0v) is 26.9. The van der Waals surface area contributed by atoms with Crippen LogP contribution in [0.25, 0.3) is 0 Å². The predicted octanol–water partition coefficient (Wildman–Crippen LogP) is 8.78. The molecule has 230 valence electrons. The molecule has 6 heteroatoms. The molecular formula is C33H63NO4S. The Morgan fingerprint density at radius 1 is 0.615 bits per heavy atom. The zero-order chi connectivity index (χ0) is 29.2. The van der Waals surface area contributed by atoms with Crippen LogP contribution in [0.15, 0.2) is 29.2 Å². The van der Waals surface area contributed by atoms with Crippen molar-refractivity contribution in [1.82, 2.24) is 0 Å². The maximum Gasteiger partial charge on any atom is 0.124 e. The number of hydrogen-bond donors (Lipinski definition) is 1. The third-order valence-electron chi connectivity index (χ3n) is 7.77. The first-order valence-corrected chi connectivity index (χ1v) is 17.6. The Kier molecular flexibility index (Phi) is 24.2. The van der Waals surface area contributed by atoms with Gasteiger partial charge in [-0.1, -0.05) is 121 Å². The molecule has 0 amide bonds. The standard InChI is InChI=1S/C26H56NO.C7H8O3S/c1-4-6-8-10-12-14-16-18-20-23-27(3,25-22-26-28)24-21-19-17-15-13-11-9-7-5-2;1-6-2-4-7(5-3-6)11(8,9)10/h28H,4-26H2,1-3H3;2-5H,1H3,(H,8,9,10)/q+1;/p-1. The van der Waals surface area contributed by atoms with Gasteiger partial charge < -0.3 is 14.1 Å². The fraction of sp³-hybridized carbons (Fsp3) is 0.818. The van der Waals surface area contributed by atoms with Crippen molar-refractivity contribution < 1.29 is 22.6 Å². The van der Waals surface area contributed by atoms with Crippen LogP contribution in [0.5, 0.6) is 0 Å². The van der Waals surface area contributed by atoms with E-state index in [1.54, 1.807) is 12.1 Å². The first kappa shape index (κ1) is 38.0. The summed E-state index contributed by atoms with van der Waals surface area (Å²) >= 11 is 0. The third kappa shape index (κ3) is 23.5. The molecule has 0 spiro atoms. The molecule has 0 aromatic heterocycles. The maximum absolute atomic E-state index is 10.4. The molecule has 0 saturated carbocycles. The molecule has 0 fully saturated rings. The van der Waals surface area contributed by atoms with Crippen molar-refractivity contribution in [3.05, 3.63) is 29.8 Å². The van der Waals surface area contributed by atoms with Gasteiger partial charge in [-0.2, -0.15) is 0 Å². The van der Waals surface area contributed by atoms with Crippen molar-refractivity contribution in [2.24, 2.45) is 0 Å². The molecule has 5 nitrogen and oxygen atoms in total. The Morgan fingerprint density at radius 3 is 1.28 bits per heavy atom. The molecular weight excluding hydrogens is 506 g/mol. The number of rotatable bonds is 24. The second-order valence-electron chi connectivity index (χ2n) is 11.8. The Hall–Kier alpha value is -0.950.